The predicted octanol–water partition coefficient (Wildman–Crippen LogP) is 0.104. The Balaban J connectivity index is 0. The van der Waals surface area contributed by atoms with E-state index in [0.29, 0.717) is 6.61 Å². The molecular weight excluding hydrogens is 143 g/mol. The highest BCUT2D eigenvalue weighted by Gasteiger charge is 2.06. The van der Waals surface area contributed by atoms with Crippen LogP contribution in [0.2, 0.25) is 0 Å². The molecule has 0 aliphatic heterocycles. The van der Waals surface area contributed by atoms with Gasteiger partial charge in [0.2, 0.25) is 0 Å². The maximum atomic E-state index is 7.62. The van der Waals surface area contributed by atoms with Crippen LogP contribution in [0.5, 0.6) is 0 Å². The van der Waals surface area contributed by atoms with Gasteiger partial charge in [0.1, 0.15) is 0 Å². The van der Waals surface area contributed by atoms with Crippen molar-refractivity contribution in [2.45, 2.75) is 20.8 Å². The smallest absolute Gasteiger partial charge is 0.282 e. The van der Waals surface area contributed by atoms with E-state index in [1.807, 2.05) is 0 Å². The molecule has 0 amide bonds. The lowest BCUT2D eigenvalue weighted by Crippen LogP contribution is -2.12. The standard InChI is InChI=1S/C5H11BO.C2H6O2/c1-5(2,3)4-7-6;3-1-2-4/h4H2,1-3H3;3-4H,1-2H2. The maximum absolute atomic E-state index is 7.62. The van der Waals surface area contributed by atoms with Crippen molar-refractivity contribution in [3.63, 3.8) is 0 Å². The van der Waals surface area contributed by atoms with E-state index in [4.69, 9.17) is 18.3 Å². The summed E-state index contributed by atoms with van der Waals surface area (Å²) in [6, 6.07) is 0. The summed E-state index contributed by atoms with van der Waals surface area (Å²) >= 11 is 0. The van der Waals surface area contributed by atoms with Crippen molar-refractivity contribution in [1.29, 1.82) is 0 Å². The molecule has 0 bridgehead atoms. The average molecular weight is 160 g/mol. The fourth-order valence-electron chi connectivity index (χ4n) is 0.250. The second kappa shape index (κ2) is 8.05. The van der Waals surface area contributed by atoms with Crippen molar-refractivity contribution in [1.82, 2.24) is 0 Å². The van der Waals surface area contributed by atoms with Gasteiger partial charge in [-0.1, -0.05) is 20.8 Å². The Kier molecular flexibility index (Phi) is 9.90. The summed E-state index contributed by atoms with van der Waals surface area (Å²) in [5.74, 6) is 0. The lowest BCUT2D eigenvalue weighted by molar-refractivity contribution is 0.186. The minimum absolute atomic E-state index is 0.125. The topological polar surface area (TPSA) is 49.7 Å². The van der Waals surface area contributed by atoms with Gasteiger partial charge in [0.15, 0.2) is 0 Å². The van der Waals surface area contributed by atoms with Crippen LogP contribution in [0.15, 0.2) is 0 Å². The zero-order valence-electron chi connectivity index (χ0n) is 7.50. The van der Waals surface area contributed by atoms with Crippen LogP contribution in [-0.2, 0) is 4.65 Å². The van der Waals surface area contributed by atoms with Gasteiger partial charge in [-0.2, -0.15) is 0 Å². The largest absolute Gasteiger partial charge is 0.447 e. The van der Waals surface area contributed by atoms with Crippen LogP contribution in [0.4, 0.5) is 0 Å². The first-order valence-corrected chi connectivity index (χ1v) is 3.51. The third-order valence-electron chi connectivity index (χ3n) is 0.616. The molecule has 0 aliphatic carbocycles. The van der Waals surface area contributed by atoms with Gasteiger partial charge >= 0.3 is 0 Å². The number of aliphatic hydroxyl groups excluding tert-OH is 2. The zero-order chi connectivity index (χ0) is 9.33. The zero-order valence-corrected chi connectivity index (χ0v) is 7.50. The number of aliphatic hydroxyl groups is 2. The first-order chi connectivity index (χ1) is 4.97. The summed E-state index contributed by atoms with van der Waals surface area (Å²) in [6.07, 6.45) is 0. The summed E-state index contributed by atoms with van der Waals surface area (Å²) in [5, 5.41) is 15.2. The van der Waals surface area contributed by atoms with E-state index in [9.17, 15) is 0 Å². The summed E-state index contributed by atoms with van der Waals surface area (Å²) < 4.78 is 4.41. The molecule has 0 saturated heterocycles. The predicted molar refractivity (Wildman–Crippen MR) is 45.3 cm³/mol. The molecule has 0 atom stereocenters. The summed E-state index contributed by atoms with van der Waals surface area (Å²) in [6.45, 7) is 6.58. The molecule has 0 aromatic heterocycles. The van der Waals surface area contributed by atoms with Crippen molar-refractivity contribution in [3.05, 3.63) is 0 Å². The minimum atomic E-state index is -0.125. The third-order valence-corrected chi connectivity index (χ3v) is 0.616. The number of hydrogen-bond acceptors (Lipinski definition) is 3. The molecule has 0 fully saturated rings. The molecular formula is C7H17BO3. The van der Waals surface area contributed by atoms with Crippen LogP contribution >= 0.6 is 0 Å². The molecule has 0 aromatic carbocycles. The summed E-state index contributed by atoms with van der Waals surface area (Å²) in [7, 11) is 4.81. The van der Waals surface area contributed by atoms with Crippen molar-refractivity contribution in [3.8, 4) is 0 Å². The van der Waals surface area contributed by atoms with E-state index in [0.717, 1.165) is 0 Å². The molecule has 3 nitrogen and oxygen atoms in total. The van der Waals surface area contributed by atoms with Gasteiger partial charge in [-0.15, -0.1) is 0 Å². The van der Waals surface area contributed by atoms with Gasteiger partial charge < -0.3 is 14.9 Å². The second-order valence-electron chi connectivity index (χ2n) is 3.32. The SMILES string of the molecule is OCCO.[B]OCC(C)(C)C. The maximum Gasteiger partial charge on any atom is 0.282 e. The highest BCUT2D eigenvalue weighted by atomic mass is 16.4. The Morgan fingerprint density at radius 2 is 1.55 bits per heavy atom. The highest BCUT2D eigenvalue weighted by molar-refractivity contribution is 5.97. The first kappa shape index (κ1) is 13.5. The molecule has 0 rings (SSSR count). The van der Waals surface area contributed by atoms with Crippen molar-refractivity contribution < 1.29 is 14.9 Å². The van der Waals surface area contributed by atoms with E-state index in [1.165, 1.54) is 0 Å². The monoisotopic (exact) mass is 160 g/mol. The van der Waals surface area contributed by atoms with E-state index >= 15 is 0 Å². The molecule has 4 heteroatoms. The number of rotatable bonds is 2. The van der Waals surface area contributed by atoms with Crippen LogP contribution in [-0.4, -0.2) is 38.1 Å². The molecule has 0 aromatic rings. The van der Waals surface area contributed by atoms with E-state index in [-0.39, 0.29) is 18.6 Å². The Morgan fingerprint density at radius 1 is 1.18 bits per heavy atom. The molecule has 2 N–H and O–H groups in total. The highest BCUT2D eigenvalue weighted by Crippen LogP contribution is 2.11. The molecule has 0 aliphatic rings. The second-order valence-corrected chi connectivity index (χ2v) is 3.32. The van der Waals surface area contributed by atoms with E-state index in [1.54, 1.807) is 0 Å². The van der Waals surface area contributed by atoms with Gasteiger partial charge in [0, 0.05) is 6.61 Å². The summed E-state index contributed by atoms with van der Waals surface area (Å²) in [4.78, 5) is 0. The Hall–Kier alpha value is -0.0551. The van der Waals surface area contributed by atoms with Gasteiger partial charge in [0.25, 0.3) is 8.05 Å². The quantitative estimate of drug-likeness (QED) is 0.563. The summed E-state index contributed by atoms with van der Waals surface area (Å²) in [5.41, 5.74) is 0.203. The molecule has 66 valence electrons. The molecule has 0 saturated carbocycles. The fraction of sp³-hybridized carbons (Fsp3) is 1.00. The van der Waals surface area contributed by atoms with Crippen molar-refractivity contribution in [2.24, 2.45) is 5.41 Å². The van der Waals surface area contributed by atoms with Crippen molar-refractivity contribution in [2.75, 3.05) is 19.8 Å². The Bertz CT molecular complexity index is 68.6. The van der Waals surface area contributed by atoms with Crippen LogP contribution in [0.3, 0.4) is 0 Å². The van der Waals surface area contributed by atoms with Crippen molar-refractivity contribution >= 4 is 8.05 Å². The average Bonchev–Trinajstić information content (AvgIpc) is 1.86. The van der Waals surface area contributed by atoms with Gasteiger partial charge in [-0.05, 0) is 5.41 Å². The third kappa shape index (κ3) is 25.7. The normalized spacial score (nSPS) is 10.3. The number of hydrogen-bond donors (Lipinski definition) is 2. The molecule has 0 spiro atoms. The van der Waals surface area contributed by atoms with Crippen LogP contribution < -0.4 is 0 Å². The molecule has 11 heavy (non-hydrogen) atoms. The van der Waals surface area contributed by atoms with Gasteiger partial charge in [-0.25, -0.2) is 0 Å². The van der Waals surface area contributed by atoms with E-state index < -0.39 is 0 Å². The lowest BCUT2D eigenvalue weighted by atomic mass is 9.98. The molecule has 0 heterocycles. The van der Waals surface area contributed by atoms with Gasteiger partial charge in [-0.3, -0.25) is 0 Å². The lowest BCUT2D eigenvalue weighted by Gasteiger charge is -2.15. The Labute approximate surface area is 69.8 Å². The fourth-order valence-corrected chi connectivity index (χ4v) is 0.250. The van der Waals surface area contributed by atoms with Crippen LogP contribution in [0.1, 0.15) is 20.8 Å². The first-order valence-electron chi connectivity index (χ1n) is 3.51. The van der Waals surface area contributed by atoms with E-state index in [2.05, 4.69) is 25.4 Å². The molecule has 0 unspecified atom stereocenters. The van der Waals surface area contributed by atoms with Crippen LogP contribution in [0, 0.1) is 5.41 Å². The minimum Gasteiger partial charge on any atom is -0.447 e. The Morgan fingerprint density at radius 3 is 1.55 bits per heavy atom. The van der Waals surface area contributed by atoms with Gasteiger partial charge in [0.05, 0.1) is 13.2 Å². The molecule has 2 radical (unpaired) electrons. The van der Waals surface area contributed by atoms with Crippen LogP contribution in [0.25, 0.3) is 0 Å².